The van der Waals surface area contributed by atoms with Gasteiger partial charge in [0, 0.05) is 21.8 Å². The molecule has 17 heavy (non-hydrogen) atoms. The summed E-state index contributed by atoms with van der Waals surface area (Å²) >= 11 is 0. The summed E-state index contributed by atoms with van der Waals surface area (Å²) in [5.74, 6) is 0.630. The molecular weight excluding hydrogens is 206 g/mol. The number of hydrogen-bond donors (Lipinski definition) is 1. The Hall–Kier alpha value is -1.76. The highest BCUT2D eigenvalue weighted by molar-refractivity contribution is 6.07. The first-order valence-corrected chi connectivity index (χ1v) is 6.30. The van der Waals surface area contributed by atoms with E-state index >= 15 is 0 Å². The molecule has 3 aromatic rings. The molecule has 0 aliphatic rings. The predicted octanol–water partition coefficient (Wildman–Crippen LogP) is 4.83. The maximum absolute atomic E-state index is 3.50. The molecule has 1 nitrogen and oxygen atoms in total. The molecule has 1 atom stereocenters. The van der Waals surface area contributed by atoms with Gasteiger partial charge in [0.25, 0.3) is 0 Å². The van der Waals surface area contributed by atoms with E-state index in [2.05, 4.69) is 61.3 Å². The SMILES string of the molecule is CCC(C)c1ccc2c(c1)[nH]c1ccccc12. The first kappa shape index (κ1) is 10.4. The summed E-state index contributed by atoms with van der Waals surface area (Å²) in [6.07, 6.45) is 1.19. The van der Waals surface area contributed by atoms with Gasteiger partial charge in [0.15, 0.2) is 0 Å². The van der Waals surface area contributed by atoms with E-state index in [0.29, 0.717) is 5.92 Å². The topological polar surface area (TPSA) is 15.8 Å². The van der Waals surface area contributed by atoms with Crippen LogP contribution in [0.15, 0.2) is 42.5 Å². The van der Waals surface area contributed by atoms with Crippen molar-refractivity contribution in [3.63, 3.8) is 0 Å². The van der Waals surface area contributed by atoms with Crippen molar-refractivity contribution in [3.05, 3.63) is 48.0 Å². The highest BCUT2D eigenvalue weighted by atomic mass is 14.7. The van der Waals surface area contributed by atoms with Crippen LogP contribution in [0, 0.1) is 0 Å². The molecule has 1 heterocycles. The molecule has 1 heteroatoms. The zero-order valence-electron chi connectivity index (χ0n) is 10.3. The van der Waals surface area contributed by atoms with Crippen LogP contribution in [0.1, 0.15) is 31.7 Å². The van der Waals surface area contributed by atoms with E-state index in [9.17, 15) is 0 Å². The molecule has 1 N–H and O–H groups in total. The number of benzene rings is 2. The molecule has 0 aliphatic heterocycles. The van der Waals surface area contributed by atoms with Gasteiger partial charge in [0.2, 0.25) is 0 Å². The lowest BCUT2D eigenvalue weighted by atomic mass is 9.97. The van der Waals surface area contributed by atoms with Crippen LogP contribution < -0.4 is 0 Å². The lowest BCUT2D eigenvalue weighted by Gasteiger charge is -2.08. The smallest absolute Gasteiger partial charge is 0.0467 e. The first-order valence-electron chi connectivity index (χ1n) is 6.30. The van der Waals surface area contributed by atoms with Gasteiger partial charge in [0.05, 0.1) is 0 Å². The summed E-state index contributed by atoms with van der Waals surface area (Å²) in [5.41, 5.74) is 3.90. The fourth-order valence-electron chi connectivity index (χ4n) is 2.41. The first-order chi connectivity index (χ1) is 8.29. The highest BCUT2D eigenvalue weighted by Crippen LogP contribution is 2.28. The van der Waals surface area contributed by atoms with E-state index < -0.39 is 0 Å². The van der Waals surface area contributed by atoms with Crippen LogP contribution in [-0.4, -0.2) is 4.98 Å². The van der Waals surface area contributed by atoms with Crippen molar-refractivity contribution >= 4 is 21.8 Å². The van der Waals surface area contributed by atoms with E-state index in [1.165, 1.54) is 33.8 Å². The molecular formula is C16H17N. The minimum absolute atomic E-state index is 0.630. The second-order valence-corrected chi connectivity index (χ2v) is 4.78. The fourth-order valence-corrected chi connectivity index (χ4v) is 2.41. The van der Waals surface area contributed by atoms with E-state index in [1.807, 2.05) is 0 Å². The number of hydrogen-bond acceptors (Lipinski definition) is 0. The monoisotopic (exact) mass is 223 g/mol. The van der Waals surface area contributed by atoms with E-state index in [1.54, 1.807) is 0 Å². The van der Waals surface area contributed by atoms with Gasteiger partial charge >= 0.3 is 0 Å². The Morgan fingerprint density at radius 2 is 1.76 bits per heavy atom. The summed E-state index contributed by atoms with van der Waals surface area (Å²) < 4.78 is 0. The van der Waals surface area contributed by atoms with Crippen LogP contribution in [-0.2, 0) is 0 Å². The van der Waals surface area contributed by atoms with Crippen molar-refractivity contribution in [1.82, 2.24) is 4.98 Å². The summed E-state index contributed by atoms with van der Waals surface area (Å²) in [6.45, 7) is 4.52. The molecule has 0 amide bonds. The van der Waals surface area contributed by atoms with Gasteiger partial charge in [-0.2, -0.15) is 0 Å². The number of para-hydroxylation sites is 1. The Morgan fingerprint density at radius 3 is 2.59 bits per heavy atom. The van der Waals surface area contributed by atoms with E-state index in [0.717, 1.165) is 0 Å². The van der Waals surface area contributed by atoms with Crippen molar-refractivity contribution in [3.8, 4) is 0 Å². The van der Waals surface area contributed by atoms with Crippen LogP contribution in [0.5, 0.6) is 0 Å². The van der Waals surface area contributed by atoms with Gasteiger partial charge < -0.3 is 4.98 Å². The third-order valence-corrected chi connectivity index (χ3v) is 3.71. The average molecular weight is 223 g/mol. The molecule has 2 aromatic carbocycles. The summed E-state index contributed by atoms with van der Waals surface area (Å²) in [4.78, 5) is 3.50. The van der Waals surface area contributed by atoms with Gasteiger partial charge in [0.1, 0.15) is 0 Å². The molecule has 1 aromatic heterocycles. The number of H-pyrrole nitrogens is 1. The Kier molecular flexibility index (Phi) is 2.40. The van der Waals surface area contributed by atoms with Crippen molar-refractivity contribution < 1.29 is 0 Å². The molecule has 0 saturated heterocycles. The third-order valence-electron chi connectivity index (χ3n) is 3.71. The number of aromatic nitrogens is 1. The number of aromatic amines is 1. The quantitative estimate of drug-likeness (QED) is 0.640. The van der Waals surface area contributed by atoms with Gasteiger partial charge in [-0.3, -0.25) is 0 Å². The highest BCUT2D eigenvalue weighted by Gasteiger charge is 2.07. The molecule has 0 fully saturated rings. The van der Waals surface area contributed by atoms with Gasteiger partial charge in [-0.1, -0.05) is 44.2 Å². The third kappa shape index (κ3) is 1.62. The molecule has 0 aliphatic carbocycles. The van der Waals surface area contributed by atoms with E-state index in [-0.39, 0.29) is 0 Å². The zero-order chi connectivity index (χ0) is 11.8. The predicted molar refractivity (Wildman–Crippen MR) is 74.5 cm³/mol. The largest absolute Gasteiger partial charge is 0.355 e. The second-order valence-electron chi connectivity index (χ2n) is 4.78. The Labute approximate surface area is 101 Å². The van der Waals surface area contributed by atoms with Crippen LogP contribution in [0.3, 0.4) is 0 Å². The molecule has 0 radical (unpaired) electrons. The lowest BCUT2D eigenvalue weighted by molar-refractivity contribution is 0.734. The average Bonchev–Trinajstić information content (AvgIpc) is 2.75. The van der Waals surface area contributed by atoms with Crippen LogP contribution in [0.25, 0.3) is 21.8 Å². The number of fused-ring (bicyclic) bond motifs is 3. The van der Waals surface area contributed by atoms with Crippen LogP contribution >= 0.6 is 0 Å². The second kappa shape index (κ2) is 3.92. The fraction of sp³-hybridized carbons (Fsp3) is 0.250. The number of rotatable bonds is 2. The molecule has 3 rings (SSSR count). The van der Waals surface area contributed by atoms with Crippen LogP contribution in [0.4, 0.5) is 0 Å². The summed E-state index contributed by atoms with van der Waals surface area (Å²) in [7, 11) is 0. The van der Waals surface area contributed by atoms with Crippen molar-refractivity contribution in [2.45, 2.75) is 26.2 Å². The van der Waals surface area contributed by atoms with E-state index in [4.69, 9.17) is 0 Å². The van der Waals surface area contributed by atoms with Crippen molar-refractivity contribution in [2.24, 2.45) is 0 Å². The lowest BCUT2D eigenvalue weighted by Crippen LogP contribution is -1.90. The van der Waals surface area contributed by atoms with Crippen LogP contribution in [0.2, 0.25) is 0 Å². The molecule has 0 spiro atoms. The standard InChI is InChI=1S/C16H17N/c1-3-11(2)12-8-9-14-13-6-4-5-7-15(13)17-16(14)10-12/h4-11,17H,3H2,1-2H3. The molecule has 0 bridgehead atoms. The summed E-state index contributed by atoms with van der Waals surface area (Å²) in [6, 6.07) is 15.3. The number of nitrogens with one attached hydrogen (secondary N) is 1. The molecule has 0 saturated carbocycles. The normalized spacial score (nSPS) is 13.3. The van der Waals surface area contributed by atoms with Crippen molar-refractivity contribution in [1.29, 1.82) is 0 Å². The molecule has 1 unspecified atom stereocenters. The summed E-state index contributed by atoms with van der Waals surface area (Å²) in [5, 5.41) is 2.64. The minimum Gasteiger partial charge on any atom is -0.355 e. The Bertz CT molecular complexity index is 663. The minimum atomic E-state index is 0.630. The Morgan fingerprint density at radius 1 is 1.00 bits per heavy atom. The van der Waals surface area contributed by atoms with Gasteiger partial charge in [-0.05, 0) is 30.0 Å². The zero-order valence-corrected chi connectivity index (χ0v) is 10.3. The van der Waals surface area contributed by atoms with Gasteiger partial charge in [-0.15, -0.1) is 0 Å². The molecule has 86 valence electrons. The van der Waals surface area contributed by atoms with Crippen molar-refractivity contribution in [2.75, 3.05) is 0 Å². The Balaban J connectivity index is 2.26. The van der Waals surface area contributed by atoms with Gasteiger partial charge in [-0.25, -0.2) is 0 Å². The maximum atomic E-state index is 3.50. The maximum Gasteiger partial charge on any atom is 0.0467 e.